The van der Waals surface area contributed by atoms with Crippen molar-refractivity contribution in [2.75, 3.05) is 5.75 Å². The van der Waals surface area contributed by atoms with Crippen molar-refractivity contribution in [1.82, 2.24) is 10.3 Å². The number of nitrogens with two attached hydrogens (primary N) is 1. The van der Waals surface area contributed by atoms with Crippen LogP contribution in [0.4, 0.5) is 4.39 Å². The monoisotopic (exact) mass is 404 g/mol. The van der Waals surface area contributed by atoms with E-state index in [9.17, 15) is 13.7 Å². The lowest BCUT2D eigenvalue weighted by molar-refractivity contribution is 0.182. The molecule has 1 aliphatic heterocycles. The van der Waals surface area contributed by atoms with Crippen LogP contribution < -0.4 is 11.1 Å². The lowest BCUT2D eigenvalue weighted by atomic mass is 10.0. The minimum Gasteiger partial charge on any atom is -0.393 e. The molecule has 0 saturated heterocycles. The van der Waals surface area contributed by atoms with Gasteiger partial charge in [0.1, 0.15) is 16.4 Å². The van der Waals surface area contributed by atoms with Crippen LogP contribution in [0.25, 0.3) is 5.70 Å². The summed E-state index contributed by atoms with van der Waals surface area (Å²) in [5.74, 6) is 0.313. The topological polar surface area (TPSA) is 101 Å². The number of allylic oxidation sites excluding steroid dienone is 1. The SMILES string of the molecule is C=C(/C=C(\C)C1CS(=O)C2(CCC(O)C2)C(N)=N1)NC(=C)c1ccc(F)cn1. The normalized spacial score (nSPS) is 30.2. The number of nitrogens with one attached hydrogen (secondary N) is 1. The average molecular weight is 405 g/mol. The van der Waals surface area contributed by atoms with Gasteiger partial charge in [-0.05, 0) is 50.0 Å². The van der Waals surface area contributed by atoms with Gasteiger partial charge in [0.15, 0.2) is 0 Å². The highest BCUT2D eigenvalue weighted by molar-refractivity contribution is 7.87. The third-order valence-corrected chi connectivity index (χ3v) is 7.30. The third-order valence-electron chi connectivity index (χ3n) is 5.23. The second kappa shape index (κ2) is 7.97. The summed E-state index contributed by atoms with van der Waals surface area (Å²) in [4.78, 5) is 8.55. The van der Waals surface area contributed by atoms with E-state index in [1.807, 2.05) is 6.92 Å². The van der Waals surface area contributed by atoms with Crippen molar-refractivity contribution in [3.05, 3.63) is 60.3 Å². The van der Waals surface area contributed by atoms with E-state index in [0.717, 1.165) is 11.8 Å². The number of aliphatic hydroxyl groups is 1. The molecule has 3 rings (SSSR count). The summed E-state index contributed by atoms with van der Waals surface area (Å²) in [6.07, 6.45) is 4.06. The van der Waals surface area contributed by atoms with Crippen molar-refractivity contribution in [2.45, 2.75) is 43.1 Å². The number of aromatic nitrogens is 1. The molecule has 1 aliphatic carbocycles. The predicted molar refractivity (Wildman–Crippen MR) is 110 cm³/mol. The van der Waals surface area contributed by atoms with E-state index in [-0.39, 0.29) is 6.04 Å². The van der Waals surface area contributed by atoms with Gasteiger partial charge in [-0.3, -0.25) is 14.2 Å². The summed E-state index contributed by atoms with van der Waals surface area (Å²) < 4.78 is 25.2. The van der Waals surface area contributed by atoms with Gasteiger partial charge in [-0.15, -0.1) is 0 Å². The summed E-state index contributed by atoms with van der Waals surface area (Å²) in [5.41, 5.74) is 8.61. The van der Waals surface area contributed by atoms with Crippen molar-refractivity contribution in [3.63, 3.8) is 0 Å². The van der Waals surface area contributed by atoms with Gasteiger partial charge in [-0.2, -0.15) is 0 Å². The van der Waals surface area contributed by atoms with Crippen molar-refractivity contribution < 1.29 is 13.7 Å². The zero-order valence-electron chi connectivity index (χ0n) is 15.8. The first-order valence-electron chi connectivity index (χ1n) is 9.06. The van der Waals surface area contributed by atoms with E-state index in [1.54, 1.807) is 6.08 Å². The maximum Gasteiger partial charge on any atom is 0.141 e. The van der Waals surface area contributed by atoms with E-state index >= 15 is 0 Å². The predicted octanol–water partition coefficient (Wildman–Crippen LogP) is 2.01. The molecule has 150 valence electrons. The first kappa shape index (κ1) is 20.4. The molecule has 1 fully saturated rings. The summed E-state index contributed by atoms with van der Waals surface area (Å²) >= 11 is 0. The number of amidine groups is 1. The van der Waals surface area contributed by atoms with Crippen LogP contribution in [-0.2, 0) is 10.8 Å². The fourth-order valence-electron chi connectivity index (χ4n) is 3.62. The number of hydrogen-bond acceptors (Lipinski definition) is 6. The molecule has 8 heteroatoms. The molecule has 2 heterocycles. The summed E-state index contributed by atoms with van der Waals surface area (Å²) in [6.45, 7) is 9.72. The highest BCUT2D eigenvalue weighted by Gasteiger charge is 2.49. The minimum atomic E-state index is -1.20. The largest absolute Gasteiger partial charge is 0.393 e. The Morgan fingerprint density at radius 2 is 2.25 bits per heavy atom. The second-order valence-electron chi connectivity index (χ2n) is 7.31. The van der Waals surface area contributed by atoms with Crippen LogP contribution in [0.1, 0.15) is 31.9 Å². The minimum absolute atomic E-state index is 0.306. The van der Waals surface area contributed by atoms with Crippen LogP contribution in [0.3, 0.4) is 0 Å². The number of aliphatic hydroxyl groups excluding tert-OH is 1. The molecule has 1 spiro atoms. The molecule has 6 nitrogen and oxygen atoms in total. The highest BCUT2D eigenvalue weighted by Crippen LogP contribution is 2.39. The molecule has 4 unspecified atom stereocenters. The molecular weight excluding hydrogens is 379 g/mol. The van der Waals surface area contributed by atoms with Gasteiger partial charge >= 0.3 is 0 Å². The van der Waals surface area contributed by atoms with Crippen molar-refractivity contribution in [2.24, 2.45) is 10.7 Å². The number of aliphatic imine (C=N–C) groups is 1. The van der Waals surface area contributed by atoms with Gasteiger partial charge in [0, 0.05) is 16.5 Å². The first-order chi connectivity index (χ1) is 13.2. The molecule has 28 heavy (non-hydrogen) atoms. The molecule has 1 aromatic rings. The van der Waals surface area contributed by atoms with Gasteiger partial charge in [0.2, 0.25) is 0 Å². The van der Waals surface area contributed by atoms with Gasteiger partial charge in [-0.25, -0.2) is 4.39 Å². The number of nitrogens with zero attached hydrogens (tertiary/aromatic N) is 2. The average Bonchev–Trinajstić information content (AvgIpc) is 3.03. The van der Waals surface area contributed by atoms with Crippen molar-refractivity contribution >= 4 is 22.3 Å². The zero-order chi connectivity index (χ0) is 20.5. The number of halogens is 1. The summed E-state index contributed by atoms with van der Waals surface area (Å²) in [6, 6.07) is 2.53. The summed E-state index contributed by atoms with van der Waals surface area (Å²) in [5, 5.41) is 12.9. The molecule has 4 atom stereocenters. The Morgan fingerprint density at radius 1 is 1.50 bits per heavy atom. The molecule has 0 amide bonds. The number of pyridine rings is 1. The highest BCUT2D eigenvalue weighted by atomic mass is 32.2. The fraction of sp³-hybridized carbons (Fsp3) is 0.400. The molecule has 1 saturated carbocycles. The molecule has 0 bridgehead atoms. The Bertz CT molecular complexity index is 881. The summed E-state index contributed by atoms with van der Waals surface area (Å²) in [7, 11) is -1.20. The third kappa shape index (κ3) is 4.07. The lowest BCUT2D eigenvalue weighted by Gasteiger charge is -2.34. The molecule has 0 aromatic carbocycles. The quantitative estimate of drug-likeness (QED) is 0.652. The van der Waals surface area contributed by atoms with Crippen LogP contribution in [0.2, 0.25) is 0 Å². The van der Waals surface area contributed by atoms with Crippen LogP contribution in [0.5, 0.6) is 0 Å². The Kier molecular flexibility index (Phi) is 5.81. The zero-order valence-corrected chi connectivity index (χ0v) is 16.6. The maximum absolute atomic E-state index is 13.0. The van der Waals surface area contributed by atoms with E-state index in [1.165, 1.54) is 12.1 Å². The van der Waals surface area contributed by atoms with Crippen LogP contribution in [0.15, 0.2) is 53.8 Å². The lowest BCUT2D eigenvalue weighted by Crippen LogP contribution is -2.52. The van der Waals surface area contributed by atoms with Crippen LogP contribution in [0, 0.1) is 5.82 Å². The van der Waals surface area contributed by atoms with Crippen LogP contribution in [-0.4, -0.2) is 42.8 Å². The standard InChI is InChI=1S/C20H25FN4O2S/c1-12(8-13(2)24-14(3)17-5-4-15(21)10-23-17)18-11-28(27)20(19(22)25-18)7-6-16(26)9-20/h4-5,8,10,16,18,24,26H,2-3,6-7,9,11H2,1H3,(H2,22,25)/b12-8+. The van der Waals surface area contributed by atoms with E-state index in [4.69, 9.17) is 5.73 Å². The molecule has 2 aliphatic rings. The molecular formula is C20H25FN4O2S. The second-order valence-corrected chi connectivity index (χ2v) is 9.12. The van der Waals surface area contributed by atoms with Gasteiger partial charge in [0.25, 0.3) is 0 Å². The number of hydrogen-bond donors (Lipinski definition) is 3. The fourth-order valence-corrected chi connectivity index (χ4v) is 5.57. The first-order valence-corrected chi connectivity index (χ1v) is 10.4. The van der Waals surface area contributed by atoms with Gasteiger partial charge in [0.05, 0.1) is 35.5 Å². The molecule has 0 radical (unpaired) electrons. The van der Waals surface area contributed by atoms with Crippen LogP contribution >= 0.6 is 0 Å². The van der Waals surface area contributed by atoms with E-state index in [2.05, 4.69) is 28.5 Å². The number of rotatable bonds is 5. The molecule has 1 aromatic heterocycles. The Balaban J connectivity index is 1.69. The smallest absolute Gasteiger partial charge is 0.141 e. The van der Waals surface area contributed by atoms with Crippen molar-refractivity contribution in [3.8, 4) is 0 Å². The van der Waals surface area contributed by atoms with Gasteiger partial charge < -0.3 is 16.2 Å². The maximum atomic E-state index is 13.0. The van der Waals surface area contributed by atoms with Gasteiger partial charge in [-0.1, -0.05) is 13.2 Å². The van der Waals surface area contributed by atoms with E-state index < -0.39 is 27.5 Å². The molecule has 4 N–H and O–H groups in total. The Morgan fingerprint density at radius 3 is 2.82 bits per heavy atom. The van der Waals surface area contributed by atoms with Crippen molar-refractivity contribution in [1.29, 1.82) is 0 Å². The van der Waals surface area contributed by atoms with E-state index in [0.29, 0.717) is 47.9 Å². The Labute approximate surface area is 166 Å². The Hall–Kier alpha value is -2.32.